The zero-order valence-electron chi connectivity index (χ0n) is 11.0. The van der Waals surface area contributed by atoms with Gasteiger partial charge in [0.1, 0.15) is 0 Å². The molecule has 1 unspecified atom stereocenters. The summed E-state index contributed by atoms with van der Waals surface area (Å²) in [6.07, 6.45) is 0.816. The van der Waals surface area contributed by atoms with E-state index in [9.17, 15) is 9.59 Å². The van der Waals surface area contributed by atoms with Crippen molar-refractivity contribution >= 4 is 29.0 Å². The van der Waals surface area contributed by atoms with Gasteiger partial charge in [-0.05, 0) is 36.4 Å². The molecule has 5 heteroatoms. The summed E-state index contributed by atoms with van der Waals surface area (Å²) in [6, 6.07) is 11.0. The fourth-order valence-corrected chi connectivity index (χ4v) is 3.12. The van der Waals surface area contributed by atoms with Crippen LogP contribution in [0.4, 0.5) is 10.5 Å². The lowest BCUT2D eigenvalue weighted by molar-refractivity contribution is 0.0969. The van der Waals surface area contributed by atoms with Gasteiger partial charge >= 0.3 is 6.03 Å². The molecule has 0 fully saturated rings. The molecule has 0 saturated carbocycles. The van der Waals surface area contributed by atoms with Crippen molar-refractivity contribution in [3.8, 4) is 0 Å². The van der Waals surface area contributed by atoms with E-state index < -0.39 is 0 Å². The number of thiophene rings is 1. The molecule has 0 aliphatic carbocycles. The second-order valence-electron chi connectivity index (χ2n) is 4.79. The van der Waals surface area contributed by atoms with Crippen molar-refractivity contribution in [2.24, 2.45) is 0 Å². The molecule has 1 aromatic carbocycles. The molecule has 0 spiro atoms. The van der Waals surface area contributed by atoms with Crippen molar-refractivity contribution in [3.63, 3.8) is 0 Å². The van der Waals surface area contributed by atoms with Crippen LogP contribution in [0.15, 0.2) is 41.8 Å². The molecule has 3 rings (SSSR count). The fraction of sp³-hybridized carbons (Fsp3) is 0.200. The zero-order chi connectivity index (χ0) is 14.1. The van der Waals surface area contributed by atoms with Crippen molar-refractivity contribution in [1.29, 1.82) is 0 Å². The SMILES string of the molecule is CC1Cc2ccccc2N1C(=O)NC(=O)c1cccs1. The van der Waals surface area contributed by atoms with Crippen LogP contribution in [0.3, 0.4) is 0 Å². The molecule has 4 nitrogen and oxygen atoms in total. The highest BCUT2D eigenvalue weighted by Gasteiger charge is 2.31. The van der Waals surface area contributed by atoms with Crippen molar-refractivity contribution < 1.29 is 9.59 Å². The van der Waals surface area contributed by atoms with Crippen LogP contribution in [-0.4, -0.2) is 18.0 Å². The van der Waals surface area contributed by atoms with Crippen LogP contribution < -0.4 is 10.2 Å². The van der Waals surface area contributed by atoms with Gasteiger partial charge in [-0.3, -0.25) is 15.0 Å². The molecule has 0 bridgehead atoms. The van der Waals surface area contributed by atoms with Gasteiger partial charge in [0, 0.05) is 11.7 Å². The van der Waals surface area contributed by atoms with E-state index in [4.69, 9.17) is 0 Å². The Kier molecular flexibility index (Phi) is 3.28. The smallest absolute Gasteiger partial charge is 0.291 e. The lowest BCUT2D eigenvalue weighted by Gasteiger charge is -2.22. The lowest BCUT2D eigenvalue weighted by atomic mass is 10.1. The number of fused-ring (bicyclic) bond motifs is 1. The third kappa shape index (κ3) is 2.20. The van der Waals surface area contributed by atoms with E-state index in [2.05, 4.69) is 5.32 Å². The number of rotatable bonds is 1. The highest BCUT2D eigenvalue weighted by atomic mass is 32.1. The number of amides is 3. The molecule has 20 heavy (non-hydrogen) atoms. The summed E-state index contributed by atoms with van der Waals surface area (Å²) >= 11 is 1.32. The Morgan fingerprint density at radius 1 is 1.25 bits per heavy atom. The summed E-state index contributed by atoms with van der Waals surface area (Å²) in [5.74, 6) is -0.346. The third-order valence-electron chi connectivity index (χ3n) is 3.39. The highest BCUT2D eigenvalue weighted by Crippen LogP contribution is 2.31. The van der Waals surface area contributed by atoms with Gasteiger partial charge in [0.2, 0.25) is 0 Å². The molecule has 2 heterocycles. The monoisotopic (exact) mass is 286 g/mol. The second-order valence-corrected chi connectivity index (χ2v) is 5.74. The van der Waals surface area contributed by atoms with E-state index in [1.165, 1.54) is 11.3 Å². The van der Waals surface area contributed by atoms with Gasteiger partial charge in [-0.25, -0.2) is 4.79 Å². The van der Waals surface area contributed by atoms with Crippen LogP contribution in [0.25, 0.3) is 0 Å². The Morgan fingerprint density at radius 2 is 2.05 bits per heavy atom. The standard InChI is InChI=1S/C15H14N2O2S/c1-10-9-11-5-2-3-6-12(11)17(10)15(19)16-14(18)13-7-4-8-20-13/h2-8,10H,9H2,1H3,(H,16,18,19). The minimum Gasteiger partial charge on any atom is -0.291 e. The van der Waals surface area contributed by atoms with E-state index in [-0.39, 0.29) is 18.0 Å². The van der Waals surface area contributed by atoms with Gasteiger partial charge < -0.3 is 0 Å². The normalized spacial score (nSPS) is 16.9. The largest absolute Gasteiger partial charge is 0.329 e. The molecule has 1 aromatic heterocycles. The molecule has 3 amide bonds. The number of carbonyl (C=O) groups is 2. The number of benzene rings is 1. The Labute approximate surface area is 121 Å². The number of para-hydroxylation sites is 1. The van der Waals surface area contributed by atoms with Crippen molar-refractivity contribution in [3.05, 3.63) is 52.2 Å². The molecule has 2 aromatic rings. The summed E-state index contributed by atoms with van der Waals surface area (Å²) in [6.45, 7) is 1.98. The number of hydrogen-bond donors (Lipinski definition) is 1. The predicted octanol–water partition coefficient (Wildman–Crippen LogP) is 3.05. The number of nitrogens with zero attached hydrogens (tertiary/aromatic N) is 1. The van der Waals surface area contributed by atoms with Crippen molar-refractivity contribution in [2.45, 2.75) is 19.4 Å². The predicted molar refractivity (Wildman–Crippen MR) is 79.3 cm³/mol. The Bertz CT molecular complexity index is 652. The van der Waals surface area contributed by atoms with Gasteiger partial charge in [-0.2, -0.15) is 0 Å². The van der Waals surface area contributed by atoms with E-state index >= 15 is 0 Å². The highest BCUT2D eigenvalue weighted by molar-refractivity contribution is 7.12. The molecule has 102 valence electrons. The van der Waals surface area contributed by atoms with E-state index in [0.717, 1.165) is 17.7 Å². The Morgan fingerprint density at radius 3 is 2.80 bits per heavy atom. The van der Waals surface area contributed by atoms with Gasteiger partial charge in [0.15, 0.2) is 0 Å². The molecular weight excluding hydrogens is 272 g/mol. The maximum Gasteiger partial charge on any atom is 0.329 e. The second kappa shape index (κ2) is 5.09. The summed E-state index contributed by atoms with van der Waals surface area (Å²) in [4.78, 5) is 26.5. The van der Waals surface area contributed by atoms with Crippen molar-refractivity contribution in [1.82, 2.24) is 5.32 Å². The summed E-state index contributed by atoms with van der Waals surface area (Å²) in [7, 11) is 0. The van der Waals surface area contributed by atoms with Gasteiger partial charge in [-0.15, -0.1) is 11.3 Å². The molecule has 1 aliphatic heterocycles. The average Bonchev–Trinajstić information content (AvgIpc) is 3.04. The molecule has 0 saturated heterocycles. The number of anilines is 1. The number of nitrogens with one attached hydrogen (secondary N) is 1. The zero-order valence-corrected chi connectivity index (χ0v) is 11.8. The maximum absolute atomic E-state index is 12.3. The van der Waals surface area contributed by atoms with Gasteiger partial charge in [-0.1, -0.05) is 24.3 Å². The molecule has 1 aliphatic rings. The number of imide groups is 1. The maximum atomic E-state index is 12.3. The Hall–Kier alpha value is -2.14. The van der Waals surface area contributed by atoms with Gasteiger partial charge in [0.25, 0.3) is 5.91 Å². The minimum absolute atomic E-state index is 0.0588. The molecule has 1 atom stereocenters. The first-order valence-electron chi connectivity index (χ1n) is 6.43. The number of hydrogen-bond acceptors (Lipinski definition) is 3. The van der Waals surface area contributed by atoms with E-state index in [1.807, 2.05) is 36.6 Å². The minimum atomic E-state index is -0.360. The fourth-order valence-electron chi connectivity index (χ4n) is 2.50. The average molecular weight is 286 g/mol. The topological polar surface area (TPSA) is 49.4 Å². The first-order valence-corrected chi connectivity index (χ1v) is 7.30. The molecular formula is C15H14N2O2S. The van der Waals surface area contributed by atoms with Crippen LogP contribution in [0.5, 0.6) is 0 Å². The first-order chi connectivity index (χ1) is 9.66. The summed E-state index contributed by atoms with van der Waals surface area (Å²) in [5, 5.41) is 4.27. The van der Waals surface area contributed by atoms with Crippen LogP contribution in [0.2, 0.25) is 0 Å². The summed E-state index contributed by atoms with van der Waals surface area (Å²) < 4.78 is 0. The molecule has 1 N–H and O–H groups in total. The molecule has 0 radical (unpaired) electrons. The van der Waals surface area contributed by atoms with E-state index in [1.54, 1.807) is 17.0 Å². The first kappa shape index (κ1) is 12.9. The third-order valence-corrected chi connectivity index (χ3v) is 4.26. The van der Waals surface area contributed by atoms with Crippen LogP contribution in [-0.2, 0) is 6.42 Å². The lowest BCUT2D eigenvalue weighted by Crippen LogP contribution is -2.45. The number of urea groups is 1. The van der Waals surface area contributed by atoms with Crippen molar-refractivity contribution in [2.75, 3.05) is 4.90 Å². The van der Waals surface area contributed by atoms with Gasteiger partial charge in [0.05, 0.1) is 4.88 Å². The van der Waals surface area contributed by atoms with E-state index in [0.29, 0.717) is 4.88 Å². The summed E-state index contributed by atoms with van der Waals surface area (Å²) in [5.41, 5.74) is 2.02. The van der Waals surface area contributed by atoms with Crippen LogP contribution in [0.1, 0.15) is 22.2 Å². The van der Waals surface area contributed by atoms with Crippen LogP contribution >= 0.6 is 11.3 Å². The number of carbonyl (C=O) groups excluding carboxylic acids is 2. The quantitative estimate of drug-likeness (QED) is 0.876. The Balaban J connectivity index is 1.79. The van der Waals surface area contributed by atoms with Crippen LogP contribution in [0, 0.1) is 0 Å².